The summed E-state index contributed by atoms with van der Waals surface area (Å²) in [6.07, 6.45) is 0. The van der Waals surface area contributed by atoms with Crippen LogP contribution in [-0.2, 0) is 9.53 Å². The van der Waals surface area contributed by atoms with Crippen molar-refractivity contribution in [1.29, 1.82) is 0 Å². The third kappa shape index (κ3) is 4.77. The van der Waals surface area contributed by atoms with E-state index in [4.69, 9.17) is 10.5 Å². The molecule has 1 aromatic carbocycles. The van der Waals surface area contributed by atoms with Gasteiger partial charge in [-0.1, -0.05) is 6.07 Å². The lowest BCUT2D eigenvalue weighted by molar-refractivity contribution is -0.122. The maximum Gasteiger partial charge on any atom is 0.243 e. The van der Waals surface area contributed by atoms with E-state index in [-0.39, 0.29) is 12.6 Å². The minimum atomic E-state index is -0.869. The predicted molar refractivity (Wildman–Crippen MR) is 62.8 cm³/mol. The molecule has 1 aromatic rings. The molecule has 0 bridgehead atoms. The van der Waals surface area contributed by atoms with Crippen LogP contribution in [0.15, 0.2) is 18.2 Å². The molecule has 0 aliphatic rings. The molecular formula is C12H16F2N2O2. The van der Waals surface area contributed by atoms with Crippen LogP contribution in [0.4, 0.5) is 8.78 Å². The number of hydrogen-bond donors (Lipinski definition) is 2. The standard InChI is InChI=1S/C12H16F2N2O2/c1-8(16-4-5-18-7-12(15)17)9-2-3-10(13)11(14)6-9/h2-3,6,8,16H,4-5,7H2,1H3,(H2,15,17). The fourth-order valence-electron chi connectivity index (χ4n) is 1.42. The number of ether oxygens (including phenoxy) is 1. The maximum absolute atomic E-state index is 13.0. The summed E-state index contributed by atoms with van der Waals surface area (Å²) in [6.45, 7) is 2.49. The van der Waals surface area contributed by atoms with Gasteiger partial charge < -0.3 is 15.8 Å². The Kier molecular flexibility index (Phi) is 5.67. The first kappa shape index (κ1) is 14.5. The van der Waals surface area contributed by atoms with E-state index in [1.54, 1.807) is 0 Å². The molecule has 0 aliphatic carbocycles. The molecule has 1 amide bonds. The highest BCUT2D eigenvalue weighted by atomic mass is 19.2. The van der Waals surface area contributed by atoms with Crippen LogP contribution in [-0.4, -0.2) is 25.7 Å². The third-order valence-electron chi connectivity index (χ3n) is 2.38. The highest BCUT2D eigenvalue weighted by molar-refractivity contribution is 5.74. The summed E-state index contributed by atoms with van der Waals surface area (Å²) in [5.41, 5.74) is 5.54. The lowest BCUT2D eigenvalue weighted by Gasteiger charge is -2.14. The smallest absolute Gasteiger partial charge is 0.243 e. The molecule has 0 spiro atoms. The Balaban J connectivity index is 2.34. The van der Waals surface area contributed by atoms with E-state index in [0.717, 1.165) is 12.1 Å². The lowest BCUT2D eigenvalue weighted by Crippen LogP contribution is -2.26. The summed E-state index contributed by atoms with van der Waals surface area (Å²) in [7, 11) is 0. The quantitative estimate of drug-likeness (QED) is 0.720. The molecule has 4 nitrogen and oxygen atoms in total. The van der Waals surface area contributed by atoms with Crippen LogP contribution in [0.25, 0.3) is 0 Å². The summed E-state index contributed by atoms with van der Waals surface area (Å²) in [6, 6.07) is 3.61. The van der Waals surface area contributed by atoms with Crippen molar-refractivity contribution in [3.8, 4) is 0 Å². The van der Waals surface area contributed by atoms with Crippen LogP contribution < -0.4 is 11.1 Å². The fraction of sp³-hybridized carbons (Fsp3) is 0.417. The minimum absolute atomic E-state index is 0.124. The predicted octanol–water partition coefficient (Wildman–Crippen LogP) is 1.12. The first-order valence-electron chi connectivity index (χ1n) is 5.55. The third-order valence-corrected chi connectivity index (χ3v) is 2.38. The van der Waals surface area contributed by atoms with Gasteiger partial charge in [-0.25, -0.2) is 8.78 Å². The molecule has 3 N–H and O–H groups in total. The van der Waals surface area contributed by atoms with E-state index in [1.807, 2.05) is 6.92 Å². The van der Waals surface area contributed by atoms with E-state index < -0.39 is 17.5 Å². The van der Waals surface area contributed by atoms with Crippen molar-refractivity contribution in [2.75, 3.05) is 19.8 Å². The zero-order valence-corrected chi connectivity index (χ0v) is 10.1. The van der Waals surface area contributed by atoms with Gasteiger partial charge in [-0.2, -0.15) is 0 Å². The van der Waals surface area contributed by atoms with Gasteiger partial charge in [-0.3, -0.25) is 4.79 Å². The highest BCUT2D eigenvalue weighted by Gasteiger charge is 2.08. The van der Waals surface area contributed by atoms with Gasteiger partial charge in [-0.05, 0) is 24.6 Å². The summed E-state index contributed by atoms with van der Waals surface area (Å²) in [5, 5.41) is 3.05. The number of carbonyl (C=O) groups is 1. The Labute approximate surface area is 104 Å². The average Bonchev–Trinajstić information content (AvgIpc) is 2.31. The van der Waals surface area contributed by atoms with Crippen molar-refractivity contribution < 1.29 is 18.3 Å². The Morgan fingerprint density at radius 2 is 2.17 bits per heavy atom. The number of halogens is 2. The van der Waals surface area contributed by atoms with Crippen molar-refractivity contribution in [2.45, 2.75) is 13.0 Å². The van der Waals surface area contributed by atoms with Gasteiger partial charge in [-0.15, -0.1) is 0 Å². The molecule has 0 saturated carbocycles. The Bertz CT molecular complexity index is 413. The van der Waals surface area contributed by atoms with Crippen LogP contribution in [0.5, 0.6) is 0 Å². The largest absolute Gasteiger partial charge is 0.370 e. The van der Waals surface area contributed by atoms with Gasteiger partial charge in [0, 0.05) is 12.6 Å². The number of nitrogens with two attached hydrogens (primary N) is 1. The molecule has 0 aliphatic heterocycles. The molecule has 0 aromatic heterocycles. The van der Waals surface area contributed by atoms with Crippen molar-refractivity contribution in [3.05, 3.63) is 35.4 Å². The Hall–Kier alpha value is -1.53. The lowest BCUT2D eigenvalue weighted by atomic mass is 10.1. The number of benzene rings is 1. The minimum Gasteiger partial charge on any atom is -0.370 e. The maximum atomic E-state index is 13.0. The van der Waals surface area contributed by atoms with Crippen molar-refractivity contribution in [1.82, 2.24) is 5.32 Å². The van der Waals surface area contributed by atoms with Gasteiger partial charge in [0.2, 0.25) is 5.91 Å². The number of nitrogens with one attached hydrogen (secondary N) is 1. The summed E-state index contributed by atoms with van der Waals surface area (Å²) in [5.74, 6) is -2.26. The normalized spacial score (nSPS) is 12.4. The van der Waals surface area contributed by atoms with Gasteiger partial charge >= 0.3 is 0 Å². The van der Waals surface area contributed by atoms with E-state index in [2.05, 4.69) is 5.32 Å². The first-order valence-corrected chi connectivity index (χ1v) is 5.55. The SMILES string of the molecule is CC(NCCOCC(N)=O)c1ccc(F)c(F)c1. The van der Waals surface area contributed by atoms with Gasteiger partial charge in [0.05, 0.1) is 6.61 Å². The molecule has 18 heavy (non-hydrogen) atoms. The zero-order chi connectivity index (χ0) is 13.5. The van der Waals surface area contributed by atoms with Crippen LogP contribution >= 0.6 is 0 Å². The average molecular weight is 258 g/mol. The number of carbonyl (C=O) groups excluding carboxylic acids is 1. The Morgan fingerprint density at radius 3 is 2.78 bits per heavy atom. The van der Waals surface area contributed by atoms with Gasteiger partial charge in [0.15, 0.2) is 11.6 Å². The zero-order valence-electron chi connectivity index (χ0n) is 10.1. The first-order chi connectivity index (χ1) is 8.50. The monoisotopic (exact) mass is 258 g/mol. The number of amides is 1. The highest BCUT2D eigenvalue weighted by Crippen LogP contribution is 2.15. The van der Waals surface area contributed by atoms with Crippen molar-refractivity contribution in [3.63, 3.8) is 0 Å². The number of hydrogen-bond acceptors (Lipinski definition) is 3. The molecule has 6 heteroatoms. The number of rotatable bonds is 7. The molecule has 1 atom stereocenters. The molecule has 0 heterocycles. The summed E-state index contributed by atoms with van der Waals surface area (Å²) in [4.78, 5) is 10.4. The summed E-state index contributed by atoms with van der Waals surface area (Å²) < 4.78 is 30.7. The number of primary amides is 1. The topological polar surface area (TPSA) is 64.3 Å². The van der Waals surface area contributed by atoms with Crippen LogP contribution in [0, 0.1) is 11.6 Å². The molecule has 0 saturated heterocycles. The van der Waals surface area contributed by atoms with E-state index >= 15 is 0 Å². The molecule has 1 rings (SSSR count). The van der Waals surface area contributed by atoms with Crippen LogP contribution in [0.2, 0.25) is 0 Å². The fourth-order valence-corrected chi connectivity index (χ4v) is 1.42. The molecule has 0 radical (unpaired) electrons. The van der Waals surface area contributed by atoms with Gasteiger partial charge in [0.1, 0.15) is 6.61 Å². The Morgan fingerprint density at radius 1 is 1.44 bits per heavy atom. The van der Waals surface area contributed by atoms with E-state index in [9.17, 15) is 13.6 Å². The second kappa shape index (κ2) is 7.03. The van der Waals surface area contributed by atoms with Crippen molar-refractivity contribution in [2.24, 2.45) is 5.73 Å². The molecule has 0 fully saturated rings. The molecule has 100 valence electrons. The van der Waals surface area contributed by atoms with Crippen LogP contribution in [0.3, 0.4) is 0 Å². The molecule has 1 unspecified atom stereocenters. The second-order valence-electron chi connectivity index (χ2n) is 3.87. The second-order valence-corrected chi connectivity index (χ2v) is 3.87. The van der Waals surface area contributed by atoms with Gasteiger partial charge in [0.25, 0.3) is 0 Å². The summed E-state index contributed by atoms with van der Waals surface area (Å²) >= 11 is 0. The molecular weight excluding hydrogens is 242 g/mol. The van der Waals surface area contributed by atoms with Crippen molar-refractivity contribution >= 4 is 5.91 Å². The van der Waals surface area contributed by atoms with Crippen LogP contribution in [0.1, 0.15) is 18.5 Å². The van der Waals surface area contributed by atoms with E-state index in [0.29, 0.717) is 18.7 Å². The van der Waals surface area contributed by atoms with E-state index in [1.165, 1.54) is 6.07 Å².